The lowest BCUT2D eigenvalue weighted by Gasteiger charge is -2.17. The Morgan fingerprint density at radius 2 is 1.83 bits per heavy atom. The smallest absolute Gasteiger partial charge is 0.311 e. The van der Waals surface area contributed by atoms with Gasteiger partial charge in [0.2, 0.25) is 0 Å². The number of hydrogen-bond donors (Lipinski definition) is 1. The van der Waals surface area contributed by atoms with Gasteiger partial charge in [-0.05, 0) is 62.4 Å². The summed E-state index contributed by atoms with van der Waals surface area (Å²) in [4.78, 5) is 11.7. The van der Waals surface area contributed by atoms with Crippen molar-refractivity contribution in [3.8, 4) is 5.75 Å². The van der Waals surface area contributed by atoms with Gasteiger partial charge in [-0.2, -0.15) is 0 Å². The van der Waals surface area contributed by atoms with E-state index >= 15 is 0 Å². The van der Waals surface area contributed by atoms with Crippen molar-refractivity contribution in [3.63, 3.8) is 0 Å². The zero-order valence-corrected chi connectivity index (χ0v) is 14.2. The van der Waals surface area contributed by atoms with Gasteiger partial charge < -0.3 is 9.84 Å². The van der Waals surface area contributed by atoms with E-state index in [2.05, 4.69) is 0 Å². The minimum absolute atomic E-state index is 0.384. The van der Waals surface area contributed by atoms with Crippen molar-refractivity contribution in [2.45, 2.75) is 40.0 Å². The SMILES string of the molecule is Cc1ccc(C)c(C(CCOc2cccc(C)c2C)C(=O)O)c1. The largest absolute Gasteiger partial charge is 0.493 e. The first kappa shape index (κ1) is 17.1. The maximum absolute atomic E-state index is 11.7. The number of carboxylic acids is 1. The van der Waals surface area contributed by atoms with Crippen LogP contribution < -0.4 is 4.74 Å². The molecule has 0 spiro atoms. The fraction of sp³-hybridized carbons (Fsp3) is 0.350. The van der Waals surface area contributed by atoms with E-state index in [4.69, 9.17) is 4.74 Å². The molecule has 0 aliphatic heterocycles. The minimum atomic E-state index is -0.803. The van der Waals surface area contributed by atoms with E-state index < -0.39 is 11.9 Å². The highest BCUT2D eigenvalue weighted by molar-refractivity contribution is 5.76. The fourth-order valence-electron chi connectivity index (χ4n) is 2.71. The first-order chi connectivity index (χ1) is 10.9. The maximum Gasteiger partial charge on any atom is 0.311 e. The summed E-state index contributed by atoms with van der Waals surface area (Å²) in [6.45, 7) is 8.38. The summed E-state index contributed by atoms with van der Waals surface area (Å²) in [5.41, 5.74) is 5.24. The highest BCUT2D eigenvalue weighted by atomic mass is 16.5. The Hall–Kier alpha value is -2.29. The molecular weight excluding hydrogens is 288 g/mol. The maximum atomic E-state index is 11.7. The molecule has 1 unspecified atom stereocenters. The summed E-state index contributed by atoms with van der Waals surface area (Å²) < 4.78 is 5.83. The highest BCUT2D eigenvalue weighted by Gasteiger charge is 2.22. The van der Waals surface area contributed by atoms with E-state index in [1.54, 1.807) is 0 Å². The number of hydrogen-bond acceptors (Lipinski definition) is 2. The van der Waals surface area contributed by atoms with Crippen LogP contribution in [0.4, 0.5) is 0 Å². The van der Waals surface area contributed by atoms with Gasteiger partial charge in [-0.15, -0.1) is 0 Å². The van der Waals surface area contributed by atoms with Gasteiger partial charge >= 0.3 is 5.97 Å². The number of aliphatic carboxylic acids is 1. The van der Waals surface area contributed by atoms with Crippen LogP contribution in [0.15, 0.2) is 36.4 Å². The van der Waals surface area contributed by atoms with E-state index in [1.165, 1.54) is 5.56 Å². The lowest BCUT2D eigenvalue weighted by molar-refractivity contribution is -0.139. The second-order valence-electron chi connectivity index (χ2n) is 6.09. The molecule has 0 radical (unpaired) electrons. The van der Waals surface area contributed by atoms with Gasteiger partial charge in [0.15, 0.2) is 0 Å². The van der Waals surface area contributed by atoms with Crippen LogP contribution in [0.1, 0.15) is 40.2 Å². The molecule has 23 heavy (non-hydrogen) atoms. The molecule has 0 amide bonds. The molecule has 0 saturated heterocycles. The number of carboxylic acid groups (broad SMARTS) is 1. The Kier molecular flexibility index (Phi) is 5.43. The highest BCUT2D eigenvalue weighted by Crippen LogP contribution is 2.26. The molecule has 0 bridgehead atoms. The molecule has 2 aromatic carbocycles. The standard InChI is InChI=1S/C20H24O3/c1-13-8-9-15(3)18(12-13)17(20(21)22)10-11-23-19-7-5-6-14(2)16(19)4/h5-9,12,17H,10-11H2,1-4H3,(H,21,22). The molecule has 0 saturated carbocycles. The van der Waals surface area contributed by atoms with Crippen molar-refractivity contribution in [2.24, 2.45) is 0 Å². The Labute approximate surface area is 137 Å². The van der Waals surface area contributed by atoms with E-state index in [0.29, 0.717) is 13.0 Å². The summed E-state index contributed by atoms with van der Waals surface area (Å²) in [5, 5.41) is 9.58. The summed E-state index contributed by atoms with van der Waals surface area (Å²) in [6.07, 6.45) is 0.451. The average Bonchev–Trinajstić information content (AvgIpc) is 2.50. The molecule has 3 nitrogen and oxygen atoms in total. The van der Waals surface area contributed by atoms with Crippen LogP contribution in [0.5, 0.6) is 5.75 Å². The molecule has 2 aromatic rings. The third-order valence-corrected chi connectivity index (χ3v) is 4.33. The van der Waals surface area contributed by atoms with Crippen LogP contribution in [0, 0.1) is 27.7 Å². The van der Waals surface area contributed by atoms with E-state index in [-0.39, 0.29) is 0 Å². The molecule has 1 N–H and O–H groups in total. The Morgan fingerprint density at radius 3 is 2.52 bits per heavy atom. The van der Waals surface area contributed by atoms with Gasteiger partial charge in [0.25, 0.3) is 0 Å². The monoisotopic (exact) mass is 312 g/mol. The van der Waals surface area contributed by atoms with Gasteiger partial charge in [0.1, 0.15) is 5.75 Å². The first-order valence-corrected chi connectivity index (χ1v) is 7.89. The topological polar surface area (TPSA) is 46.5 Å². The van der Waals surface area contributed by atoms with Gasteiger partial charge in [-0.3, -0.25) is 4.79 Å². The average molecular weight is 312 g/mol. The Balaban J connectivity index is 2.10. The van der Waals surface area contributed by atoms with Crippen molar-refractivity contribution in [3.05, 3.63) is 64.2 Å². The summed E-state index contributed by atoms with van der Waals surface area (Å²) >= 11 is 0. The van der Waals surface area contributed by atoms with Crippen molar-refractivity contribution in [2.75, 3.05) is 6.61 Å². The normalized spacial score (nSPS) is 12.0. The molecule has 2 rings (SSSR count). The molecule has 0 aromatic heterocycles. The van der Waals surface area contributed by atoms with Gasteiger partial charge in [-0.25, -0.2) is 0 Å². The third-order valence-electron chi connectivity index (χ3n) is 4.33. The zero-order valence-electron chi connectivity index (χ0n) is 14.2. The number of ether oxygens (including phenoxy) is 1. The molecule has 122 valence electrons. The van der Waals surface area contributed by atoms with Gasteiger partial charge in [0, 0.05) is 0 Å². The molecule has 1 atom stereocenters. The Bertz CT molecular complexity index is 704. The fourth-order valence-corrected chi connectivity index (χ4v) is 2.71. The lowest BCUT2D eigenvalue weighted by atomic mass is 9.91. The van der Waals surface area contributed by atoms with Crippen LogP contribution in [-0.4, -0.2) is 17.7 Å². The van der Waals surface area contributed by atoms with Crippen LogP contribution in [-0.2, 0) is 4.79 Å². The van der Waals surface area contributed by atoms with Crippen molar-refractivity contribution in [1.82, 2.24) is 0 Å². The van der Waals surface area contributed by atoms with Gasteiger partial charge in [0.05, 0.1) is 12.5 Å². The predicted octanol–water partition coefficient (Wildman–Crippen LogP) is 4.56. The lowest BCUT2D eigenvalue weighted by Crippen LogP contribution is -2.16. The Morgan fingerprint density at radius 1 is 1.09 bits per heavy atom. The quantitative estimate of drug-likeness (QED) is 0.850. The summed E-state index contributed by atoms with van der Waals surface area (Å²) in [5.74, 6) is -0.515. The first-order valence-electron chi connectivity index (χ1n) is 7.89. The van der Waals surface area contributed by atoms with Crippen molar-refractivity contribution in [1.29, 1.82) is 0 Å². The van der Waals surface area contributed by atoms with E-state index in [9.17, 15) is 9.90 Å². The third kappa shape index (κ3) is 4.13. The van der Waals surface area contributed by atoms with Crippen LogP contribution in [0.25, 0.3) is 0 Å². The number of benzene rings is 2. The van der Waals surface area contributed by atoms with Gasteiger partial charge in [-0.1, -0.05) is 35.9 Å². The molecule has 3 heteroatoms. The second kappa shape index (κ2) is 7.32. The summed E-state index contributed by atoms with van der Waals surface area (Å²) in [7, 11) is 0. The number of aryl methyl sites for hydroxylation is 3. The molecule has 0 heterocycles. The molecule has 0 aliphatic rings. The molecule has 0 aliphatic carbocycles. The van der Waals surface area contributed by atoms with Crippen LogP contribution in [0.3, 0.4) is 0 Å². The number of rotatable bonds is 6. The molecular formula is C20H24O3. The number of carbonyl (C=O) groups is 1. The predicted molar refractivity (Wildman–Crippen MR) is 92.3 cm³/mol. The van der Waals surface area contributed by atoms with Crippen LogP contribution in [0.2, 0.25) is 0 Å². The van der Waals surface area contributed by atoms with Crippen molar-refractivity contribution >= 4 is 5.97 Å². The zero-order chi connectivity index (χ0) is 17.0. The van der Waals surface area contributed by atoms with E-state index in [1.807, 2.05) is 64.1 Å². The second-order valence-corrected chi connectivity index (χ2v) is 6.09. The minimum Gasteiger partial charge on any atom is -0.493 e. The molecule has 0 fully saturated rings. The summed E-state index contributed by atoms with van der Waals surface area (Å²) in [6, 6.07) is 11.9. The van der Waals surface area contributed by atoms with Crippen LogP contribution >= 0.6 is 0 Å². The van der Waals surface area contributed by atoms with E-state index in [0.717, 1.165) is 28.0 Å². The van der Waals surface area contributed by atoms with Crippen molar-refractivity contribution < 1.29 is 14.6 Å².